The lowest BCUT2D eigenvalue weighted by Gasteiger charge is -2.22. The Morgan fingerprint density at radius 2 is 2.09 bits per heavy atom. The van der Waals surface area contributed by atoms with Crippen LogP contribution in [0, 0.1) is 6.92 Å². The fourth-order valence-corrected chi connectivity index (χ4v) is 2.67. The van der Waals surface area contributed by atoms with Crippen molar-refractivity contribution >= 4 is 10.9 Å². The second kappa shape index (κ2) is 7.72. The highest BCUT2D eigenvalue weighted by atomic mass is 19.3. The van der Waals surface area contributed by atoms with E-state index in [1.54, 1.807) is 7.11 Å². The Bertz CT molecular complexity index is 646. The number of hydroxylamine groups is 2. The predicted octanol–water partition coefficient (Wildman–Crippen LogP) is 2.87. The molecule has 7 heteroatoms. The van der Waals surface area contributed by atoms with Crippen molar-refractivity contribution < 1.29 is 18.7 Å². The number of aromatic amines is 1. The minimum Gasteiger partial charge on any atom is -0.496 e. The molecule has 0 saturated heterocycles. The van der Waals surface area contributed by atoms with Crippen molar-refractivity contribution in [3.63, 3.8) is 0 Å². The molecule has 0 radical (unpaired) electrons. The third-order valence-corrected chi connectivity index (χ3v) is 3.85. The molecule has 0 bridgehead atoms. The van der Waals surface area contributed by atoms with Crippen LogP contribution in [0.1, 0.15) is 11.1 Å². The molecule has 2 rings (SSSR count). The van der Waals surface area contributed by atoms with E-state index in [0.29, 0.717) is 18.2 Å². The maximum Gasteiger partial charge on any atom is 0.253 e. The molecule has 0 saturated carbocycles. The van der Waals surface area contributed by atoms with Crippen LogP contribution in [0.2, 0.25) is 0 Å². The molecule has 0 unspecified atom stereocenters. The highest BCUT2D eigenvalue weighted by Gasteiger charge is 2.15. The number of aromatic nitrogens is 1. The van der Waals surface area contributed by atoms with E-state index in [9.17, 15) is 14.0 Å². The molecule has 0 aliphatic heterocycles. The first-order valence-corrected chi connectivity index (χ1v) is 7.46. The van der Waals surface area contributed by atoms with Gasteiger partial charge in [-0.3, -0.25) is 0 Å². The molecule has 0 fully saturated rings. The van der Waals surface area contributed by atoms with E-state index in [0.717, 1.165) is 27.8 Å². The van der Waals surface area contributed by atoms with Gasteiger partial charge in [0.15, 0.2) is 0 Å². The lowest BCUT2D eigenvalue weighted by Crippen LogP contribution is -2.33. The number of methoxy groups -OCH3 is 1. The second-order valence-electron chi connectivity index (χ2n) is 5.68. The Balaban J connectivity index is 2.08. The monoisotopic (exact) mass is 327 g/mol. The van der Waals surface area contributed by atoms with Gasteiger partial charge in [-0.1, -0.05) is 0 Å². The summed E-state index contributed by atoms with van der Waals surface area (Å²) >= 11 is 0. The van der Waals surface area contributed by atoms with Crippen molar-refractivity contribution in [2.24, 2.45) is 0 Å². The summed E-state index contributed by atoms with van der Waals surface area (Å²) in [6.07, 6.45) is -0.652. The number of hydrogen-bond donors (Lipinski definition) is 2. The largest absolute Gasteiger partial charge is 0.496 e. The van der Waals surface area contributed by atoms with Gasteiger partial charge in [-0.15, -0.1) is 0 Å². The Hall–Kier alpha value is -1.70. The van der Waals surface area contributed by atoms with Crippen LogP contribution >= 0.6 is 0 Å². The van der Waals surface area contributed by atoms with E-state index in [-0.39, 0.29) is 6.54 Å². The SMILES string of the molecule is COc1cc(C)c2[nH]ccc2c1CN(C)CCN(O)CC(F)F. The van der Waals surface area contributed by atoms with Crippen molar-refractivity contribution in [1.82, 2.24) is 14.9 Å². The molecule has 1 heterocycles. The Kier molecular flexibility index (Phi) is 5.92. The Morgan fingerprint density at radius 3 is 2.74 bits per heavy atom. The van der Waals surface area contributed by atoms with Gasteiger partial charge in [-0.25, -0.2) is 8.78 Å². The van der Waals surface area contributed by atoms with Crippen LogP contribution in [0.5, 0.6) is 5.75 Å². The number of aryl methyl sites for hydroxylation is 1. The number of hydrogen-bond acceptors (Lipinski definition) is 4. The first kappa shape index (κ1) is 17.7. The average Bonchev–Trinajstić information content (AvgIpc) is 2.97. The standard InChI is InChI=1S/C16H23F2N3O2/c1-11-8-14(23-3)13(12-4-5-19-16(11)12)9-20(2)6-7-21(22)10-15(17)18/h4-5,8,15,19,22H,6-7,9-10H2,1-3H3. The third-order valence-electron chi connectivity index (χ3n) is 3.85. The lowest BCUT2D eigenvalue weighted by atomic mass is 10.0. The van der Waals surface area contributed by atoms with E-state index in [1.807, 2.05) is 37.2 Å². The van der Waals surface area contributed by atoms with Gasteiger partial charge in [0.1, 0.15) is 5.75 Å². The molecular weight excluding hydrogens is 304 g/mol. The van der Waals surface area contributed by atoms with Crippen molar-refractivity contribution in [2.45, 2.75) is 19.9 Å². The van der Waals surface area contributed by atoms with Crippen LogP contribution in [-0.4, -0.2) is 60.4 Å². The van der Waals surface area contributed by atoms with Gasteiger partial charge in [0.2, 0.25) is 0 Å². The summed E-state index contributed by atoms with van der Waals surface area (Å²) in [6.45, 7) is 2.60. The molecule has 0 atom stereocenters. The van der Waals surface area contributed by atoms with Crippen LogP contribution in [0.15, 0.2) is 18.3 Å². The molecule has 5 nitrogen and oxygen atoms in total. The number of ether oxygens (including phenoxy) is 1. The van der Waals surface area contributed by atoms with Gasteiger partial charge < -0.3 is 19.8 Å². The maximum atomic E-state index is 12.2. The number of H-pyrrole nitrogens is 1. The number of nitrogens with zero attached hydrogens (tertiary/aromatic N) is 2. The fourth-order valence-electron chi connectivity index (χ4n) is 2.67. The summed E-state index contributed by atoms with van der Waals surface area (Å²) in [5.41, 5.74) is 3.21. The molecular formula is C16H23F2N3O2. The van der Waals surface area contributed by atoms with Crippen molar-refractivity contribution in [3.8, 4) is 5.75 Å². The van der Waals surface area contributed by atoms with Crippen LogP contribution in [0.3, 0.4) is 0 Å². The van der Waals surface area contributed by atoms with Gasteiger partial charge in [0.25, 0.3) is 6.43 Å². The van der Waals surface area contributed by atoms with Crippen molar-refractivity contribution in [3.05, 3.63) is 29.5 Å². The lowest BCUT2D eigenvalue weighted by molar-refractivity contribution is -0.121. The van der Waals surface area contributed by atoms with Gasteiger partial charge in [0, 0.05) is 42.3 Å². The summed E-state index contributed by atoms with van der Waals surface area (Å²) in [5, 5.41) is 11.1. The molecule has 0 aliphatic carbocycles. The number of likely N-dealkylation sites (N-methyl/N-ethyl adjacent to an activating group) is 1. The minimum absolute atomic E-state index is 0.158. The van der Waals surface area contributed by atoms with E-state index in [2.05, 4.69) is 4.98 Å². The molecule has 23 heavy (non-hydrogen) atoms. The molecule has 2 N–H and O–H groups in total. The maximum absolute atomic E-state index is 12.2. The zero-order valence-electron chi connectivity index (χ0n) is 13.6. The quantitative estimate of drug-likeness (QED) is 0.732. The number of halogens is 2. The van der Waals surface area contributed by atoms with Gasteiger partial charge in [-0.05, 0) is 31.7 Å². The zero-order chi connectivity index (χ0) is 17.0. The number of benzene rings is 1. The highest BCUT2D eigenvalue weighted by Crippen LogP contribution is 2.31. The van der Waals surface area contributed by atoms with Crippen LogP contribution in [-0.2, 0) is 6.54 Å². The topological polar surface area (TPSA) is 51.7 Å². The van der Waals surface area contributed by atoms with E-state index < -0.39 is 13.0 Å². The van der Waals surface area contributed by atoms with E-state index >= 15 is 0 Å². The average molecular weight is 327 g/mol. The first-order chi connectivity index (χ1) is 10.9. The minimum atomic E-state index is -2.54. The highest BCUT2D eigenvalue weighted by molar-refractivity contribution is 5.88. The van der Waals surface area contributed by atoms with Gasteiger partial charge in [-0.2, -0.15) is 5.06 Å². The van der Waals surface area contributed by atoms with Crippen molar-refractivity contribution in [1.29, 1.82) is 0 Å². The summed E-state index contributed by atoms with van der Waals surface area (Å²) in [6, 6.07) is 3.99. The third kappa shape index (κ3) is 4.40. The summed E-state index contributed by atoms with van der Waals surface area (Å²) in [4.78, 5) is 5.19. The molecule has 0 aliphatic rings. The summed E-state index contributed by atoms with van der Waals surface area (Å²) < 4.78 is 29.9. The van der Waals surface area contributed by atoms with Gasteiger partial charge in [0.05, 0.1) is 13.7 Å². The Labute approximate surface area is 134 Å². The predicted molar refractivity (Wildman–Crippen MR) is 85.3 cm³/mol. The summed E-state index contributed by atoms with van der Waals surface area (Å²) in [5.74, 6) is 0.801. The molecule has 2 aromatic rings. The van der Waals surface area contributed by atoms with E-state index in [1.165, 1.54) is 0 Å². The normalized spacial score (nSPS) is 12.0. The number of alkyl halides is 2. The van der Waals surface area contributed by atoms with Crippen LogP contribution in [0.4, 0.5) is 8.78 Å². The van der Waals surface area contributed by atoms with Crippen LogP contribution < -0.4 is 4.74 Å². The smallest absolute Gasteiger partial charge is 0.253 e. The number of rotatable bonds is 8. The molecule has 1 aromatic carbocycles. The number of nitrogens with one attached hydrogen (secondary N) is 1. The molecule has 0 spiro atoms. The molecule has 128 valence electrons. The summed E-state index contributed by atoms with van der Waals surface area (Å²) in [7, 11) is 3.52. The molecule has 1 aromatic heterocycles. The fraction of sp³-hybridized carbons (Fsp3) is 0.500. The zero-order valence-corrected chi connectivity index (χ0v) is 13.6. The molecule has 0 amide bonds. The first-order valence-electron chi connectivity index (χ1n) is 7.46. The van der Waals surface area contributed by atoms with Crippen LogP contribution in [0.25, 0.3) is 10.9 Å². The van der Waals surface area contributed by atoms with Gasteiger partial charge >= 0.3 is 0 Å². The number of fused-ring (bicyclic) bond motifs is 1. The Morgan fingerprint density at radius 1 is 1.35 bits per heavy atom. The van der Waals surface area contributed by atoms with Crippen molar-refractivity contribution in [2.75, 3.05) is 33.8 Å². The second-order valence-corrected chi connectivity index (χ2v) is 5.68. The van der Waals surface area contributed by atoms with E-state index in [4.69, 9.17) is 4.74 Å².